The van der Waals surface area contributed by atoms with E-state index in [9.17, 15) is 9.59 Å². The van der Waals surface area contributed by atoms with Crippen LogP contribution in [0.3, 0.4) is 0 Å². The molecule has 8 heteroatoms. The molecule has 0 bridgehead atoms. The van der Waals surface area contributed by atoms with Gasteiger partial charge in [-0.1, -0.05) is 24.3 Å². The molecule has 2 aromatic rings. The number of carboxylic acids is 1. The summed E-state index contributed by atoms with van der Waals surface area (Å²) in [6.07, 6.45) is -0.254. The Morgan fingerprint density at radius 2 is 1.92 bits per heavy atom. The van der Waals surface area contributed by atoms with Crippen molar-refractivity contribution in [2.75, 3.05) is 14.2 Å². The van der Waals surface area contributed by atoms with Gasteiger partial charge < -0.3 is 19.9 Å². The Morgan fingerprint density at radius 3 is 2.52 bits per heavy atom. The summed E-state index contributed by atoms with van der Waals surface area (Å²) in [5, 5.41) is 11.9. The highest BCUT2D eigenvalue weighted by Crippen LogP contribution is 2.22. The number of nitrogens with zero attached hydrogens (tertiary/aromatic N) is 2. The predicted molar refractivity (Wildman–Crippen MR) is 88.8 cm³/mol. The van der Waals surface area contributed by atoms with E-state index in [4.69, 9.17) is 14.6 Å². The zero-order valence-electron chi connectivity index (χ0n) is 14.1. The van der Waals surface area contributed by atoms with Crippen LogP contribution in [0.1, 0.15) is 34.1 Å². The number of aromatic nitrogens is 2. The maximum absolute atomic E-state index is 12.6. The van der Waals surface area contributed by atoms with E-state index in [0.29, 0.717) is 0 Å². The summed E-state index contributed by atoms with van der Waals surface area (Å²) in [6, 6.07) is 7.91. The average Bonchev–Trinajstić information content (AvgIpc) is 2.60. The Morgan fingerprint density at radius 1 is 1.20 bits per heavy atom. The summed E-state index contributed by atoms with van der Waals surface area (Å²) in [7, 11) is 2.78. The normalized spacial score (nSPS) is 11.5. The minimum absolute atomic E-state index is 0.0184. The Balaban J connectivity index is 2.31. The van der Waals surface area contributed by atoms with E-state index in [-0.39, 0.29) is 24.0 Å². The van der Waals surface area contributed by atoms with Gasteiger partial charge >= 0.3 is 12.0 Å². The van der Waals surface area contributed by atoms with Crippen LogP contribution in [0.15, 0.2) is 30.3 Å². The molecule has 2 rings (SSSR count). The molecule has 1 aromatic carbocycles. The SMILES string of the molecule is COc1cc(C(=O)N[C@@H](CC(=O)O)c2ccccc2C)nc(OC)n1. The number of nitrogens with one attached hydrogen (secondary N) is 1. The lowest BCUT2D eigenvalue weighted by molar-refractivity contribution is -0.137. The first-order valence-electron chi connectivity index (χ1n) is 7.49. The number of benzene rings is 1. The maximum Gasteiger partial charge on any atom is 0.320 e. The molecule has 0 saturated heterocycles. The highest BCUT2D eigenvalue weighted by atomic mass is 16.5. The van der Waals surface area contributed by atoms with Crippen molar-refractivity contribution in [3.63, 3.8) is 0 Å². The van der Waals surface area contributed by atoms with Crippen molar-refractivity contribution in [1.82, 2.24) is 15.3 Å². The van der Waals surface area contributed by atoms with Crippen molar-refractivity contribution in [3.8, 4) is 11.9 Å². The number of hydrogen-bond acceptors (Lipinski definition) is 6. The fourth-order valence-corrected chi connectivity index (χ4v) is 2.34. The number of ether oxygens (including phenoxy) is 2. The van der Waals surface area contributed by atoms with E-state index in [1.54, 1.807) is 12.1 Å². The van der Waals surface area contributed by atoms with Gasteiger partial charge in [-0.15, -0.1) is 0 Å². The predicted octanol–water partition coefficient (Wildman–Crippen LogP) is 1.75. The second kappa shape index (κ2) is 8.09. The van der Waals surface area contributed by atoms with Crippen LogP contribution in [-0.2, 0) is 4.79 Å². The van der Waals surface area contributed by atoms with Gasteiger partial charge in [-0.25, -0.2) is 0 Å². The van der Waals surface area contributed by atoms with E-state index in [1.807, 2.05) is 19.1 Å². The van der Waals surface area contributed by atoms with Gasteiger partial charge in [-0.2, -0.15) is 9.97 Å². The molecule has 1 aromatic heterocycles. The third-order valence-electron chi connectivity index (χ3n) is 3.55. The summed E-state index contributed by atoms with van der Waals surface area (Å²) < 4.78 is 9.96. The van der Waals surface area contributed by atoms with Crippen LogP contribution in [0.2, 0.25) is 0 Å². The number of hydrogen-bond donors (Lipinski definition) is 2. The zero-order chi connectivity index (χ0) is 18.4. The van der Waals surface area contributed by atoms with Gasteiger partial charge in [0.05, 0.1) is 26.7 Å². The minimum atomic E-state index is -1.02. The van der Waals surface area contributed by atoms with Crippen LogP contribution < -0.4 is 14.8 Å². The maximum atomic E-state index is 12.6. The lowest BCUT2D eigenvalue weighted by Crippen LogP contribution is -2.31. The third kappa shape index (κ3) is 4.66. The highest BCUT2D eigenvalue weighted by molar-refractivity contribution is 5.93. The van der Waals surface area contributed by atoms with Crippen molar-refractivity contribution in [2.24, 2.45) is 0 Å². The van der Waals surface area contributed by atoms with Crippen molar-refractivity contribution >= 4 is 11.9 Å². The Hall–Kier alpha value is -3.16. The van der Waals surface area contributed by atoms with Crippen molar-refractivity contribution in [1.29, 1.82) is 0 Å². The Bertz CT molecular complexity index is 756. The monoisotopic (exact) mass is 345 g/mol. The second-order valence-corrected chi connectivity index (χ2v) is 5.26. The van der Waals surface area contributed by atoms with Crippen LogP contribution >= 0.6 is 0 Å². The van der Waals surface area contributed by atoms with E-state index in [1.165, 1.54) is 20.3 Å². The topological polar surface area (TPSA) is 111 Å². The van der Waals surface area contributed by atoms with Crippen LogP contribution in [-0.4, -0.2) is 41.2 Å². The van der Waals surface area contributed by atoms with E-state index in [2.05, 4.69) is 15.3 Å². The van der Waals surface area contributed by atoms with E-state index < -0.39 is 17.9 Å². The summed E-state index contributed by atoms with van der Waals surface area (Å²) in [4.78, 5) is 31.6. The number of aliphatic carboxylic acids is 1. The van der Waals surface area contributed by atoms with Gasteiger partial charge in [-0.05, 0) is 18.1 Å². The molecule has 1 atom stereocenters. The fraction of sp³-hybridized carbons (Fsp3) is 0.294. The molecule has 0 fully saturated rings. The molecule has 0 aliphatic carbocycles. The van der Waals surface area contributed by atoms with E-state index >= 15 is 0 Å². The summed E-state index contributed by atoms with van der Waals surface area (Å²) in [6.45, 7) is 1.85. The summed E-state index contributed by atoms with van der Waals surface area (Å²) in [5.74, 6) is -1.40. The van der Waals surface area contributed by atoms with Crippen molar-refractivity contribution in [3.05, 3.63) is 47.2 Å². The number of rotatable bonds is 7. The largest absolute Gasteiger partial charge is 0.481 e. The number of carbonyl (C=O) groups excluding carboxylic acids is 1. The molecule has 25 heavy (non-hydrogen) atoms. The van der Waals surface area contributed by atoms with Crippen molar-refractivity contribution in [2.45, 2.75) is 19.4 Å². The highest BCUT2D eigenvalue weighted by Gasteiger charge is 2.22. The summed E-state index contributed by atoms with van der Waals surface area (Å²) >= 11 is 0. The molecular weight excluding hydrogens is 326 g/mol. The quantitative estimate of drug-likeness (QED) is 0.786. The van der Waals surface area contributed by atoms with Crippen molar-refractivity contribution < 1.29 is 24.2 Å². The van der Waals surface area contributed by atoms with Gasteiger partial charge in [0.25, 0.3) is 5.91 Å². The van der Waals surface area contributed by atoms with Crippen LogP contribution in [0.5, 0.6) is 11.9 Å². The second-order valence-electron chi connectivity index (χ2n) is 5.26. The molecular formula is C17H19N3O5. The van der Waals surface area contributed by atoms with Gasteiger partial charge in [0, 0.05) is 6.07 Å². The first kappa shape index (κ1) is 18.2. The van der Waals surface area contributed by atoms with E-state index in [0.717, 1.165) is 11.1 Å². The molecule has 1 heterocycles. The van der Waals surface area contributed by atoms with Gasteiger partial charge in [0.2, 0.25) is 5.88 Å². The molecule has 0 aliphatic heterocycles. The van der Waals surface area contributed by atoms with Crippen LogP contribution in [0, 0.1) is 6.92 Å². The number of carbonyl (C=O) groups is 2. The molecule has 0 radical (unpaired) electrons. The third-order valence-corrected chi connectivity index (χ3v) is 3.55. The molecule has 2 N–H and O–H groups in total. The van der Waals surface area contributed by atoms with Gasteiger partial charge in [0.1, 0.15) is 5.69 Å². The lowest BCUT2D eigenvalue weighted by atomic mass is 9.98. The standard InChI is InChI=1S/C17H19N3O5/c1-10-6-4-5-7-11(10)12(9-15(21)22)18-16(23)13-8-14(24-2)20-17(19-13)25-3/h4-8,12H,9H2,1-3H3,(H,18,23)(H,21,22)/t12-/m0/s1. The lowest BCUT2D eigenvalue weighted by Gasteiger charge is -2.19. The molecule has 0 saturated carbocycles. The molecule has 0 unspecified atom stereocenters. The van der Waals surface area contributed by atoms with Gasteiger partial charge in [0.15, 0.2) is 0 Å². The minimum Gasteiger partial charge on any atom is -0.481 e. The van der Waals surface area contributed by atoms with Crippen LogP contribution in [0.25, 0.3) is 0 Å². The molecule has 0 aliphatic rings. The number of aryl methyl sites for hydroxylation is 1. The van der Waals surface area contributed by atoms with Gasteiger partial charge in [-0.3, -0.25) is 9.59 Å². The molecule has 132 valence electrons. The summed E-state index contributed by atoms with van der Waals surface area (Å²) in [5.41, 5.74) is 1.63. The Labute approximate surface area is 144 Å². The molecule has 8 nitrogen and oxygen atoms in total. The van der Waals surface area contributed by atoms with Crippen LogP contribution in [0.4, 0.5) is 0 Å². The first-order valence-corrected chi connectivity index (χ1v) is 7.49. The molecule has 1 amide bonds. The first-order chi connectivity index (χ1) is 11.9. The number of amides is 1. The smallest absolute Gasteiger partial charge is 0.320 e. The fourth-order valence-electron chi connectivity index (χ4n) is 2.34. The number of carboxylic acid groups (broad SMARTS) is 1. The Kier molecular flexibility index (Phi) is 5.89. The number of methoxy groups -OCH3 is 2. The molecule has 0 spiro atoms. The average molecular weight is 345 g/mol. The zero-order valence-corrected chi connectivity index (χ0v) is 14.1.